The second-order valence-electron chi connectivity index (χ2n) is 7.22. The first kappa shape index (κ1) is 21.7. The maximum absolute atomic E-state index is 5.37. The fourth-order valence-corrected chi connectivity index (χ4v) is 3.62. The monoisotopic (exact) mass is 401 g/mol. The average molecular weight is 402 g/mol. The first-order valence-corrected chi connectivity index (χ1v) is 10.5. The van der Waals surface area contributed by atoms with Crippen LogP contribution in [-0.4, -0.2) is 27.4 Å². The molecule has 0 atom stereocenters. The van der Waals surface area contributed by atoms with Crippen LogP contribution in [0.25, 0.3) is 5.57 Å². The average Bonchev–Trinajstić information content (AvgIpc) is 2.81. The molecule has 0 saturated heterocycles. The number of hydrogen-bond donors (Lipinski definition) is 1. The molecule has 0 saturated carbocycles. The van der Waals surface area contributed by atoms with Gasteiger partial charge in [0.1, 0.15) is 5.75 Å². The Morgan fingerprint density at radius 1 is 0.800 bits per heavy atom. The van der Waals surface area contributed by atoms with E-state index >= 15 is 0 Å². The highest BCUT2D eigenvalue weighted by molar-refractivity contribution is 5.83. The lowest BCUT2D eigenvalue weighted by Gasteiger charge is -2.17. The van der Waals surface area contributed by atoms with Gasteiger partial charge in [0.2, 0.25) is 0 Å². The molecule has 0 fully saturated rings. The minimum atomic E-state index is 0.690. The highest BCUT2D eigenvalue weighted by Gasteiger charge is 2.12. The van der Waals surface area contributed by atoms with Crippen LogP contribution in [0.2, 0.25) is 0 Å². The lowest BCUT2D eigenvalue weighted by atomic mass is 9.88. The molecule has 0 unspecified atom stereocenters. The van der Waals surface area contributed by atoms with Crippen LogP contribution in [0, 0.1) is 0 Å². The van der Waals surface area contributed by atoms with E-state index in [1.165, 1.54) is 27.8 Å². The Labute approximate surface area is 180 Å². The van der Waals surface area contributed by atoms with Gasteiger partial charge < -0.3 is 14.8 Å². The molecule has 3 nitrogen and oxygen atoms in total. The molecule has 0 radical (unpaired) electrons. The molecular formula is C27H31NO2. The van der Waals surface area contributed by atoms with Gasteiger partial charge in [0.05, 0.1) is 13.7 Å². The molecule has 0 aliphatic heterocycles. The van der Waals surface area contributed by atoms with Crippen LogP contribution in [0.1, 0.15) is 30.0 Å². The summed E-state index contributed by atoms with van der Waals surface area (Å²) in [5.41, 5.74) is 7.59. The van der Waals surface area contributed by atoms with Crippen LogP contribution in [0.4, 0.5) is 5.69 Å². The van der Waals surface area contributed by atoms with Crippen LogP contribution in [0.15, 0.2) is 84.4 Å². The van der Waals surface area contributed by atoms with E-state index in [0.717, 1.165) is 30.8 Å². The first-order chi connectivity index (χ1) is 14.7. The molecule has 30 heavy (non-hydrogen) atoms. The quantitative estimate of drug-likeness (QED) is 0.410. The number of ether oxygens (including phenoxy) is 2. The zero-order valence-corrected chi connectivity index (χ0v) is 18.2. The summed E-state index contributed by atoms with van der Waals surface area (Å²) in [5, 5.41) is 3.39. The van der Waals surface area contributed by atoms with E-state index in [1.807, 2.05) is 12.1 Å². The molecule has 3 aromatic carbocycles. The van der Waals surface area contributed by atoms with Gasteiger partial charge in [-0.15, -0.1) is 0 Å². The summed E-state index contributed by atoms with van der Waals surface area (Å²) in [6, 6.07) is 27.7. The summed E-state index contributed by atoms with van der Waals surface area (Å²) in [6.45, 7) is 3.73. The van der Waals surface area contributed by atoms with E-state index in [9.17, 15) is 0 Å². The molecule has 0 bridgehead atoms. The Morgan fingerprint density at radius 2 is 1.43 bits per heavy atom. The number of nitrogens with one attached hydrogen (secondary N) is 1. The van der Waals surface area contributed by atoms with Gasteiger partial charge >= 0.3 is 0 Å². The standard InChI is InChI=1S/C27H31NO2/c1-4-22(20-21-8-6-5-7-9-21)27(24-12-16-26(30-3)17-13-24)23-10-14-25(15-11-23)28-18-19-29-2/h5-17,28H,4,18-20H2,1-3H3. The zero-order valence-electron chi connectivity index (χ0n) is 18.2. The second kappa shape index (κ2) is 11.2. The van der Waals surface area contributed by atoms with Crippen molar-refractivity contribution in [3.8, 4) is 5.75 Å². The van der Waals surface area contributed by atoms with Crippen molar-refractivity contribution in [1.29, 1.82) is 0 Å². The predicted molar refractivity (Wildman–Crippen MR) is 126 cm³/mol. The van der Waals surface area contributed by atoms with Crippen LogP contribution in [0.3, 0.4) is 0 Å². The fraction of sp³-hybridized carbons (Fsp3) is 0.259. The zero-order chi connectivity index (χ0) is 21.2. The van der Waals surface area contributed by atoms with Crippen molar-refractivity contribution in [3.63, 3.8) is 0 Å². The van der Waals surface area contributed by atoms with Crippen molar-refractivity contribution < 1.29 is 9.47 Å². The maximum Gasteiger partial charge on any atom is 0.118 e. The lowest BCUT2D eigenvalue weighted by molar-refractivity contribution is 0.211. The van der Waals surface area contributed by atoms with Crippen LogP contribution in [-0.2, 0) is 11.2 Å². The Bertz CT molecular complexity index is 929. The lowest BCUT2D eigenvalue weighted by Crippen LogP contribution is -2.07. The largest absolute Gasteiger partial charge is 0.497 e. The summed E-state index contributed by atoms with van der Waals surface area (Å²) in [5.74, 6) is 0.872. The number of hydrogen-bond acceptors (Lipinski definition) is 3. The molecule has 0 aromatic heterocycles. The van der Waals surface area contributed by atoms with Crippen LogP contribution in [0.5, 0.6) is 5.75 Å². The summed E-state index contributed by atoms with van der Waals surface area (Å²) >= 11 is 0. The van der Waals surface area contributed by atoms with Gasteiger partial charge in [-0.25, -0.2) is 0 Å². The fourth-order valence-electron chi connectivity index (χ4n) is 3.62. The van der Waals surface area contributed by atoms with Gasteiger partial charge in [-0.05, 0) is 59.4 Å². The summed E-state index contributed by atoms with van der Waals surface area (Å²) in [6.07, 6.45) is 1.93. The number of methoxy groups -OCH3 is 2. The Kier molecular flexibility index (Phi) is 8.10. The Morgan fingerprint density at radius 3 is 2.00 bits per heavy atom. The Hall–Kier alpha value is -3.04. The second-order valence-corrected chi connectivity index (χ2v) is 7.22. The van der Waals surface area contributed by atoms with E-state index in [-0.39, 0.29) is 0 Å². The molecule has 3 heteroatoms. The molecule has 0 spiro atoms. The molecule has 3 aromatic rings. The summed E-state index contributed by atoms with van der Waals surface area (Å²) < 4.78 is 10.5. The van der Waals surface area contributed by atoms with Crippen molar-refractivity contribution in [1.82, 2.24) is 0 Å². The highest BCUT2D eigenvalue weighted by Crippen LogP contribution is 2.32. The number of anilines is 1. The van der Waals surface area contributed by atoms with E-state index in [1.54, 1.807) is 14.2 Å². The molecular weight excluding hydrogens is 370 g/mol. The van der Waals surface area contributed by atoms with E-state index < -0.39 is 0 Å². The van der Waals surface area contributed by atoms with Gasteiger partial charge in [-0.2, -0.15) is 0 Å². The molecule has 0 amide bonds. The third-order valence-corrected chi connectivity index (χ3v) is 5.23. The molecule has 3 rings (SSSR count). The first-order valence-electron chi connectivity index (χ1n) is 10.5. The third kappa shape index (κ3) is 5.74. The molecule has 1 N–H and O–H groups in total. The summed E-state index contributed by atoms with van der Waals surface area (Å²) in [7, 11) is 3.42. The topological polar surface area (TPSA) is 30.5 Å². The Balaban J connectivity index is 1.99. The molecule has 0 aliphatic rings. The van der Waals surface area contributed by atoms with Crippen molar-refractivity contribution in [2.45, 2.75) is 19.8 Å². The number of benzene rings is 3. The smallest absolute Gasteiger partial charge is 0.118 e. The van der Waals surface area contributed by atoms with Crippen LogP contribution >= 0.6 is 0 Å². The highest BCUT2D eigenvalue weighted by atomic mass is 16.5. The van der Waals surface area contributed by atoms with Gasteiger partial charge in [-0.1, -0.05) is 67.1 Å². The SMILES string of the molecule is CCC(Cc1ccccc1)=C(c1ccc(NCCOC)cc1)c1ccc(OC)cc1. The molecule has 0 heterocycles. The summed E-state index contributed by atoms with van der Waals surface area (Å²) in [4.78, 5) is 0. The van der Waals surface area contributed by atoms with Crippen molar-refractivity contribution in [3.05, 3.63) is 101 Å². The van der Waals surface area contributed by atoms with Gasteiger partial charge in [0.15, 0.2) is 0 Å². The van der Waals surface area contributed by atoms with Crippen molar-refractivity contribution in [2.75, 3.05) is 32.7 Å². The minimum Gasteiger partial charge on any atom is -0.497 e. The van der Waals surface area contributed by atoms with Gasteiger partial charge in [-0.3, -0.25) is 0 Å². The molecule has 156 valence electrons. The van der Waals surface area contributed by atoms with Crippen LogP contribution < -0.4 is 10.1 Å². The number of allylic oxidation sites excluding steroid dienone is 1. The van der Waals surface area contributed by atoms with Crippen molar-refractivity contribution in [2.24, 2.45) is 0 Å². The van der Waals surface area contributed by atoms with Crippen molar-refractivity contribution >= 4 is 11.3 Å². The van der Waals surface area contributed by atoms with Gasteiger partial charge in [0.25, 0.3) is 0 Å². The van der Waals surface area contributed by atoms with E-state index in [0.29, 0.717) is 6.61 Å². The van der Waals surface area contributed by atoms with E-state index in [4.69, 9.17) is 9.47 Å². The number of rotatable bonds is 10. The molecule has 0 aliphatic carbocycles. The van der Waals surface area contributed by atoms with Gasteiger partial charge in [0, 0.05) is 19.3 Å². The predicted octanol–water partition coefficient (Wildman–Crippen LogP) is 6.21. The maximum atomic E-state index is 5.37. The normalized spacial score (nSPS) is 11.7. The third-order valence-electron chi connectivity index (χ3n) is 5.23. The van der Waals surface area contributed by atoms with E-state index in [2.05, 4.69) is 79.0 Å². The minimum absolute atomic E-state index is 0.690.